The number of piperidine rings is 1. The molecule has 2 fully saturated rings. The molecule has 1 saturated heterocycles. The maximum absolute atomic E-state index is 12.5. The van der Waals surface area contributed by atoms with Gasteiger partial charge in [0.1, 0.15) is 0 Å². The third-order valence-electron chi connectivity index (χ3n) is 4.23. The number of nitrogens with one attached hydrogen (secondary N) is 2. The second kappa shape index (κ2) is 8.31. The van der Waals surface area contributed by atoms with Gasteiger partial charge in [-0.15, -0.1) is 12.4 Å². The summed E-state index contributed by atoms with van der Waals surface area (Å²) in [4.78, 5) is 11.8. The molecule has 0 aromatic heterocycles. The van der Waals surface area contributed by atoms with E-state index >= 15 is 0 Å². The Morgan fingerprint density at radius 1 is 1.19 bits per heavy atom. The first-order valence-corrected chi connectivity index (χ1v) is 8.89. The number of methoxy groups -OCH3 is 1. The van der Waals surface area contributed by atoms with Crippen molar-refractivity contribution in [3.05, 3.63) is 0 Å². The fourth-order valence-corrected chi connectivity index (χ4v) is 5.16. The minimum absolute atomic E-state index is 0. The second-order valence-electron chi connectivity index (χ2n) is 5.66. The highest BCUT2D eigenvalue weighted by Gasteiger charge is 2.41. The van der Waals surface area contributed by atoms with Crippen LogP contribution in [0.15, 0.2) is 0 Å². The Labute approximate surface area is 132 Å². The number of esters is 1. The molecule has 3 atom stereocenters. The van der Waals surface area contributed by atoms with Crippen molar-refractivity contribution < 1.29 is 17.9 Å². The first-order valence-electron chi connectivity index (χ1n) is 7.34. The molecule has 6 nitrogen and oxygen atoms in total. The van der Waals surface area contributed by atoms with Crippen molar-refractivity contribution in [2.75, 3.05) is 20.2 Å². The zero-order valence-electron chi connectivity index (χ0n) is 12.3. The number of ether oxygens (including phenoxy) is 1. The molecule has 124 valence electrons. The summed E-state index contributed by atoms with van der Waals surface area (Å²) in [7, 11) is -2.16. The normalized spacial score (nSPS) is 30.2. The summed E-state index contributed by atoms with van der Waals surface area (Å²) < 4.78 is 32.6. The molecule has 0 spiro atoms. The van der Waals surface area contributed by atoms with Crippen LogP contribution in [0.1, 0.15) is 38.5 Å². The van der Waals surface area contributed by atoms with Crippen LogP contribution in [0, 0.1) is 5.92 Å². The zero-order chi connectivity index (χ0) is 14.6. The Bertz CT molecular complexity index is 437. The topological polar surface area (TPSA) is 84.5 Å². The Kier molecular flexibility index (Phi) is 7.39. The highest BCUT2D eigenvalue weighted by molar-refractivity contribution is 7.90. The number of carbonyl (C=O) groups excluding carboxylic acids is 1. The van der Waals surface area contributed by atoms with Gasteiger partial charge in [-0.25, -0.2) is 13.1 Å². The molecule has 2 aliphatic rings. The molecule has 1 aliphatic heterocycles. The highest BCUT2D eigenvalue weighted by atomic mass is 35.5. The predicted molar refractivity (Wildman–Crippen MR) is 83.0 cm³/mol. The molecule has 0 aromatic rings. The average molecular weight is 341 g/mol. The summed E-state index contributed by atoms with van der Waals surface area (Å²) in [5, 5.41) is 2.54. The van der Waals surface area contributed by atoms with Gasteiger partial charge in [0.15, 0.2) is 0 Å². The van der Waals surface area contributed by atoms with Gasteiger partial charge in [0.25, 0.3) is 0 Å². The number of sulfonamides is 1. The fourth-order valence-electron chi connectivity index (χ4n) is 3.16. The third kappa shape index (κ3) is 4.81. The Hall–Kier alpha value is -0.370. The quantitative estimate of drug-likeness (QED) is 0.740. The van der Waals surface area contributed by atoms with Crippen molar-refractivity contribution >= 4 is 28.4 Å². The minimum Gasteiger partial charge on any atom is -0.469 e. The Morgan fingerprint density at radius 3 is 2.52 bits per heavy atom. The van der Waals surface area contributed by atoms with Gasteiger partial charge in [-0.05, 0) is 32.2 Å². The molecule has 21 heavy (non-hydrogen) atoms. The van der Waals surface area contributed by atoms with Crippen molar-refractivity contribution in [1.82, 2.24) is 10.0 Å². The first kappa shape index (κ1) is 18.7. The van der Waals surface area contributed by atoms with E-state index in [1.165, 1.54) is 7.11 Å². The van der Waals surface area contributed by atoms with Crippen molar-refractivity contribution in [1.29, 1.82) is 0 Å². The smallest absolute Gasteiger partial charge is 0.310 e. The summed E-state index contributed by atoms with van der Waals surface area (Å²) in [6.45, 7) is 1.60. The van der Waals surface area contributed by atoms with Crippen LogP contribution in [0.3, 0.4) is 0 Å². The maximum atomic E-state index is 12.5. The van der Waals surface area contributed by atoms with Gasteiger partial charge >= 0.3 is 5.97 Å². The van der Waals surface area contributed by atoms with E-state index in [2.05, 4.69) is 10.0 Å². The van der Waals surface area contributed by atoms with E-state index in [0.29, 0.717) is 19.4 Å². The SMILES string of the molecule is COC(=O)C1CCCCC1S(=O)(=O)N[C@@H]1CCCNC1.Cl. The van der Waals surface area contributed by atoms with E-state index in [0.717, 1.165) is 32.2 Å². The van der Waals surface area contributed by atoms with Crippen LogP contribution in [0.4, 0.5) is 0 Å². The molecule has 8 heteroatoms. The lowest BCUT2D eigenvalue weighted by atomic mass is 9.89. The maximum Gasteiger partial charge on any atom is 0.310 e. The van der Waals surface area contributed by atoms with Crippen molar-refractivity contribution in [3.8, 4) is 0 Å². The third-order valence-corrected chi connectivity index (χ3v) is 6.26. The van der Waals surface area contributed by atoms with Gasteiger partial charge in [0.2, 0.25) is 10.0 Å². The van der Waals surface area contributed by atoms with Crippen LogP contribution in [-0.2, 0) is 19.6 Å². The van der Waals surface area contributed by atoms with E-state index in [1.54, 1.807) is 0 Å². The van der Waals surface area contributed by atoms with Gasteiger partial charge < -0.3 is 10.1 Å². The molecule has 2 rings (SSSR count). The van der Waals surface area contributed by atoms with Crippen molar-refractivity contribution in [3.63, 3.8) is 0 Å². The van der Waals surface area contributed by atoms with E-state index in [-0.39, 0.29) is 18.4 Å². The number of rotatable bonds is 4. The van der Waals surface area contributed by atoms with Gasteiger partial charge in [-0.1, -0.05) is 12.8 Å². The van der Waals surface area contributed by atoms with Crippen LogP contribution < -0.4 is 10.0 Å². The summed E-state index contributed by atoms with van der Waals surface area (Å²) in [6, 6.07) is -0.0611. The molecule has 2 unspecified atom stereocenters. The van der Waals surface area contributed by atoms with Gasteiger partial charge in [0, 0.05) is 12.6 Å². The monoisotopic (exact) mass is 340 g/mol. The van der Waals surface area contributed by atoms with Crippen LogP contribution in [0.5, 0.6) is 0 Å². The van der Waals surface area contributed by atoms with E-state index < -0.39 is 27.2 Å². The molecule has 1 heterocycles. The summed E-state index contributed by atoms with van der Waals surface area (Å²) >= 11 is 0. The lowest BCUT2D eigenvalue weighted by Gasteiger charge is -2.32. The number of hydrogen-bond acceptors (Lipinski definition) is 5. The van der Waals surface area contributed by atoms with Crippen LogP contribution in [0.25, 0.3) is 0 Å². The van der Waals surface area contributed by atoms with E-state index in [9.17, 15) is 13.2 Å². The fraction of sp³-hybridized carbons (Fsp3) is 0.923. The standard InChI is InChI=1S/C13H24N2O4S.ClH/c1-19-13(16)11-6-2-3-7-12(11)20(17,18)15-10-5-4-8-14-9-10;/h10-12,14-15H,2-9H2,1H3;1H/t10-,11?,12?;/m1./s1. The lowest BCUT2D eigenvalue weighted by molar-refractivity contribution is -0.146. The molecule has 0 aromatic carbocycles. The molecule has 0 bridgehead atoms. The molecular weight excluding hydrogens is 316 g/mol. The molecule has 1 aliphatic carbocycles. The average Bonchev–Trinajstić information content (AvgIpc) is 2.47. The first-order chi connectivity index (χ1) is 9.54. The second-order valence-corrected chi connectivity index (χ2v) is 7.59. The molecule has 0 amide bonds. The van der Waals surface area contributed by atoms with Crippen LogP contribution in [-0.4, -0.2) is 45.9 Å². The van der Waals surface area contributed by atoms with Crippen LogP contribution in [0.2, 0.25) is 0 Å². The lowest BCUT2D eigenvalue weighted by Crippen LogP contribution is -2.51. The molecule has 2 N–H and O–H groups in total. The predicted octanol–water partition coefficient (Wildman–Crippen LogP) is 0.811. The summed E-state index contributed by atoms with van der Waals surface area (Å²) in [5.41, 5.74) is 0. The minimum atomic E-state index is -3.48. The molecule has 0 radical (unpaired) electrons. The zero-order valence-corrected chi connectivity index (χ0v) is 14.0. The van der Waals surface area contributed by atoms with Crippen molar-refractivity contribution in [2.24, 2.45) is 5.92 Å². The number of carbonyl (C=O) groups is 1. The Morgan fingerprint density at radius 2 is 1.90 bits per heavy atom. The summed E-state index contributed by atoms with van der Waals surface area (Å²) in [5.74, 6) is -0.926. The largest absolute Gasteiger partial charge is 0.469 e. The van der Waals surface area contributed by atoms with Crippen molar-refractivity contribution in [2.45, 2.75) is 49.8 Å². The molecule has 1 saturated carbocycles. The number of hydrogen-bond donors (Lipinski definition) is 2. The van der Waals surface area contributed by atoms with E-state index in [1.807, 2.05) is 0 Å². The van der Waals surface area contributed by atoms with Crippen LogP contribution >= 0.6 is 12.4 Å². The van der Waals surface area contributed by atoms with Gasteiger partial charge in [-0.2, -0.15) is 0 Å². The molecular formula is C13H25ClN2O4S. The number of halogens is 1. The van der Waals surface area contributed by atoms with Gasteiger partial charge in [0.05, 0.1) is 18.3 Å². The Balaban J connectivity index is 0.00000220. The summed E-state index contributed by atoms with van der Waals surface area (Å²) in [6.07, 6.45) is 4.69. The van der Waals surface area contributed by atoms with E-state index in [4.69, 9.17) is 4.74 Å². The van der Waals surface area contributed by atoms with Gasteiger partial charge in [-0.3, -0.25) is 4.79 Å². The highest BCUT2D eigenvalue weighted by Crippen LogP contribution is 2.30.